The van der Waals surface area contributed by atoms with E-state index in [0.29, 0.717) is 11.3 Å². The van der Waals surface area contributed by atoms with Crippen LogP contribution >= 0.6 is 0 Å². The molecule has 8 heteroatoms. The number of likely N-dealkylation sites (N-methyl/N-ethyl adjacent to an activating group) is 1. The van der Waals surface area contributed by atoms with Gasteiger partial charge in [0.1, 0.15) is 5.75 Å². The van der Waals surface area contributed by atoms with Gasteiger partial charge in [0.2, 0.25) is 11.8 Å². The summed E-state index contributed by atoms with van der Waals surface area (Å²) in [4.78, 5) is 14.3. The van der Waals surface area contributed by atoms with Crippen molar-refractivity contribution in [3.63, 3.8) is 0 Å². The standard InChI is InChI=1S/C20H27F3N2O3/c1-25-9-3-4-16(25)19(26)24-12-13-10-15(21)18(11-17(13)27-2)28-14-5-7-20(22,23)8-6-14/h10-11,14,16H,3-9,12H2,1-2H3,(H,24,26)/t16-/m0/s1. The summed E-state index contributed by atoms with van der Waals surface area (Å²) in [5, 5.41) is 2.83. The molecule has 0 aromatic heterocycles. The van der Waals surface area contributed by atoms with Crippen molar-refractivity contribution in [1.29, 1.82) is 0 Å². The third kappa shape index (κ3) is 4.90. The highest BCUT2D eigenvalue weighted by molar-refractivity contribution is 5.82. The van der Waals surface area contributed by atoms with E-state index in [9.17, 15) is 18.0 Å². The normalized spacial score (nSPS) is 22.8. The number of likely N-dealkylation sites (tertiary alicyclic amines) is 1. The third-order valence-corrected chi connectivity index (χ3v) is 5.57. The van der Waals surface area contributed by atoms with Gasteiger partial charge in [-0.2, -0.15) is 0 Å². The minimum absolute atomic E-state index is 0.0160. The third-order valence-electron chi connectivity index (χ3n) is 5.57. The predicted molar refractivity (Wildman–Crippen MR) is 98.3 cm³/mol. The summed E-state index contributed by atoms with van der Waals surface area (Å²) in [7, 11) is 3.36. The van der Waals surface area contributed by atoms with E-state index in [0.717, 1.165) is 19.4 Å². The number of amides is 1. The SMILES string of the molecule is COc1cc(OC2CCC(F)(F)CC2)c(F)cc1CNC(=O)[C@@H]1CCCN1C. The van der Waals surface area contributed by atoms with Crippen LogP contribution in [0.3, 0.4) is 0 Å². The minimum Gasteiger partial charge on any atom is -0.496 e. The molecule has 1 heterocycles. The van der Waals surface area contributed by atoms with Gasteiger partial charge in [-0.15, -0.1) is 0 Å². The fourth-order valence-corrected chi connectivity index (χ4v) is 3.85. The second-order valence-corrected chi connectivity index (χ2v) is 7.62. The van der Waals surface area contributed by atoms with Crippen LogP contribution in [0.2, 0.25) is 0 Å². The average molecular weight is 400 g/mol. The van der Waals surface area contributed by atoms with E-state index < -0.39 is 17.8 Å². The zero-order valence-electron chi connectivity index (χ0n) is 16.3. The Morgan fingerprint density at radius 3 is 2.57 bits per heavy atom. The Hall–Kier alpha value is -1.96. The molecule has 1 atom stereocenters. The van der Waals surface area contributed by atoms with Crippen molar-refractivity contribution in [2.24, 2.45) is 0 Å². The molecule has 3 rings (SSSR count). The topological polar surface area (TPSA) is 50.8 Å². The Balaban J connectivity index is 1.63. The summed E-state index contributed by atoms with van der Waals surface area (Å²) < 4.78 is 52.0. The zero-order chi connectivity index (χ0) is 20.3. The maximum absolute atomic E-state index is 14.5. The highest BCUT2D eigenvalue weighted by Crippen LogP contribution is 2.36. The van der Waals surface area contributed by atoms with Crippen LogP contribution in [0.15, 0.2) is 12.1 Å². The molecule has 0 bridgehead atoms. The lowest BCUT2D eigenvalue weighted by Gasteiger charge is -2.29. The van der Waals surface area contributed by atoms with Gasteiger partial charge >= 0.3 is 0 Å². The van der Waals surface area contributed by atoms with Crippen molar-refractivity contribution < 1.29 is 27.4 Å². The van der Waals surface area contributed by atoms with Gasteiger partial charge in [-0.1, -0.05) is 0 Å². The molecule has 1 saturated heterocycles. The maximum Gasteiger partial charge on any atom is 0.248 e. The Morgan fingerprint density at radius 1 is 1.25 bits per heavy atom. The number of hydrogen-bond acceptors (Lipinski definition) is 4. The molecule has 1 aromatic rings. The molecule has 28 heavy (non-hydrogen) atoms. The Kier molecular flexibility index (Phi) is 6.37. The first-order valence-corrected chi connectivity index (χ1v) is 9.68. The Bertz CT molecular complexity index is 704. The molecule has 1 aromatic carbocycles. The van der Waals surface area contributed by atoms with Gasteiger partial charge in [0.15, 0.2) is 11.6 Å². The first-order valence-electron chi connectivity index (χ1n) is 9.68. The number of nitrogens with zero attached hydrogens (tertiary/aromatic N) is 1. The van der Waals surface area contributed by atoms with Crippen LogP contribution in [0.1, 0.15) is 44.1 Å². The number of alkyl halides is 2. The molecule has 2 aliphatic rings. The van der Waals surface area contributed by atoms with Gasteiger partial charge in [-0.3, -0.25) is 9.69 Å². The molecule has 1 aliphatic carbocycles. The average Bonchev–Trinajstić information content (AvgIpc) is 3.09. The molecule has 1 N–H and O–H groups in total. The summed E-state index contributed by atoms with van der Waals surface area (Å²) in [6.45, 7) is 1.02. The van der Waals surface area contributed by atoms with Crippen LogP contribution in [-0.4, -0.2) is 49.6 Å². The van der Waals surface area contributed by atoms with Crippen LogP contribution in [0.4, 0.5) is 13.2 Å². The van der Waals surface area contributed by atoms with Crippen LogP contribution in [-0.2, 0) is 11.3 Å². The molecule has 1 amide bonds. The predicted octanol–water partition coefficient (Wildman–Crippen LogP) is 3.50. The quantitative estimate of drug-likeness (QED) is 0.794. The number of nitrogens with one attached hydrogen (secondary N) is 1. The number of ether oxygens (including phenoxy) is 2. The number of hydrogen-bond donors (Lipinski definition) is 1. The van der Waals surface area contributed by atoms with E-state index in [1.54, 1.807) is 0 Å². The summed E-state index contributed by atoms with van der Waals surface area (Å²) in [5.74, 6) is -2.98. The van der Waals surface area contributed by atoms with Gasteiger partial charge in [-0.05, 0) is 45.3 Å². The lowest BCUT2D eigenvalue weighted by molar-refractivity contribution is -0.125. The van der Waals surface area contributed by atoms with Crippen LogP contribution < -0.4 is 14.8 Å². The fourth-order valence-electron chi connectivity index (χ4n) is 3.85. The van der Waals surface area contributed by atoms with E-state index in [1.165, 1.54) is 19.2 Å². The van der Waals surface area contributed by atoms with Gasteiger partial charge in [-0.25, -0.2) is 13.2 Å². The number of methoxy groups -OCH3 is 1. The fraction of sp³-hybridized carbons (Fsp3) is 0.650. The number of carbonyl (C=O) groups excluding carboxylic acids is 1. The smallest absolute Gasteiger partial charge is 0.248 e. The lowest BCUT2D eigenvalue weighted by Crippen LogP contribution is -2.41. The second kappa shape index (κ2) is 8.59. The minimum atomic E-state index is -2.66. The molecule has 1 saturated carbocycles. The summed E-state index contributed by atoms with van der Waals surface area (Å²) in [6, 6.07) is 2.53. The van der Waals surface area contributed by atoms with Crippen molar-refractivity contribution in [1.82, 2.24) is 10.2 Å². The molecule has 2 fully saturated rings. The van der Waals surface area contributed by atoms with Crippen molar-refractivity contribution in [2.45, 2.75) is 63.1 Å². The van der Waals surface area contributed by atoms with Crippen LogP contribution in [0.5, 0.6) is 11.5 Å². The zero-order valence-corrected chi connectivity index (χ0v) is 16.3. The molecule has 1 aliphatic heterocycles. The molecular formula is C20H27F3N2O3. The maximum atomic E-state index is 14.5. The highest BCUT2D eigenvalue weighted by Gasteiger charge is 2.36. The first-order chi connectivity index (χ1) is 13.3. The summed E-state index contributed by atoms with van der Waals surface area (Å²) in [5.41, 5.74) is 0.497. The molecular weight excluding hydrogens is 373 g/mol. The number of halogens is 3. The molecule has 156 valence electrons. The van der Waals surface area contributed by atoms with Crippen LogP contribution in [0.25, 0.3) is 0 Å². The number of carbonyl (C=O) groups is 1. The molecule has 0 spiro atoms. The van der Waals surface area contributed by atoms with Gasteiger partial charge in [0.05, 0.1) is 19.3 Å². The van der Waals surface area contributed by atoms with E-state index in [2.05, 4.69) is 5.32 Å². The largest absolute Gasteiger partial charge is 0.496 e. The van der Waals surface area contributed by atoms with Gasteiger partial charge in [0, 0.05) is 31.0 Å². The van der Waals surface area contributed by atoms with Crippen molar-refractivity contribution in [3.05, 3.63) is 23.5 Å². The van der Waals surface area contributed by atoms with E-state index in [1.807, 2.05) is 11.9 Å². The van der Waals surface area contributed by atoms with E-state index >= 15 is 0 Å². The van der Waals surface area contributed by atoms with Crippen molar-refractivity contribution in [2.75, 3.05) is 20.7 Å². The number of rotatable bonds is 6. The monoisotopic (exact) mass is 400 g/mol. The van der Waals surface area contributed by atoms with Crippen molar-refractivity contribution in [3.8, 4) is 11.5 Å². The van der Waals surface area contributed by atoms with E-state index in [4.69, 9.17) is 9.47 Å². The Labute approximate surface area is 163 Å². The Morgan fingerprint density at radius 2 is 1.96 bits per heavy atom. The number of benzene rings is 1. The summed E-state index contributed by atoms with van der Waals surface area (Å²) in [6.07, 6.45) is 1.20. The second-order valence-electron chi connectivity index (χ2n) is 7.62. The van der Waals surface area contributed by atoms with Crippen LogP contribution in [0, 0.1) is 5.82 Å². The first kappa shape index (κ1) is 20.8. The lowest BCUT2D eigenvalue weighted by atomic mass is 9.94. The summed E-state index contributed by atoms with van der Waals surface area (Å²) >= 11 is 0. The highest BCUT2D eigenvalue weighted by atomic mass is 19.3. The molecule has 5 nitrogen and oxygen atoms in total. The van der Waals surface area contributed by atoms with Crippen molar-refractivity contribution >= 4 is 5.91 Å². The van der Waals surface area contributed by atoms with E-state index in [-0.39, 0.29) is 49.9 Å². The molecule has 0 unspecified atom stereocenters. The molecule has 0 radical (unpaired) electrons. The van der Waals surface area contributed by atoms with Gasteiger partial charge in [0.25, 0.3) is 0 Å². The van der Waals surface area contributed by atoms with Gasteiger partial charge < -0.3 is 14.8 Å².